The summed E-state index contributed by atoms with van der Waals surface area (Å²) in [5.41, 5.74) is 18.8. The molecule has 2 nitrogen and oxygen atoms in total. The minimum Gasteiger partial charge on any atom is -0.309 e. The van der Waals surface area contributed by atoms with Crippen LogP contribution in [-0.4, -0.2) is 17.2 Å². The highest BCUT2D eigenvalue weighted by Gasteiger charge is 2.31. The van der Waals surface area contributed by atoms with Gasteiger partial charge in [-0.15, -0.1) is 0 Å². The van der Waals surface area contributed by atoms with Gasteiger partial charge in [-0.05, 0) is 82.6 Å². The lowest BCUT2D eigenvalue weighted by Gasteiger charge is -2.24. The maximum Gasteiger partial charge on any atom is 0.112 e. The molecule has 10 aromatic rings. The van der Waals surface area contributed by atoms with Crippen LogP contribution < -0.4 is 10.4 Å². The fourth-order valence-corrected chi connectivity index (χ4v) is 12.4. The zero-order valence-electron chi connectivity index (χ0n) is 31.0. The Kier molecular flexibility index (Phi) is 6.36. The monoisotopic (exact) mass is 718 g/mol. The van der Waals surface area contributed by atoms with E-state index in [9.17, 15) is 0 Å². The molecule has 55 heavy (non-hydrogen) atoms. The quantitative estimate of drug-likeness (QED) is 0.160. The van der Waals surface area contributed by atoms with Gasteiger partial charge in [0, 0.05) is 44.0 Å². The van der Waals surface area contributed by atoms with Gasteiger partial charge < -0.3 is 9.13 Å². The maximum atomic E-state index is 2.54. The molecule has 12 rings (SSSR count). The van der Waals surface area contributed by atoms with E-state index in [4.69, 9.17) is 0 Å². The third kappa shape index (κ3) is 4.30. The number of hydrogen-bond acceptors (Lipinski definition) is 0. The van der Waals surface area contributed by atoms with Gasteiger partial charge in [-0.3, -0.25) is 0 Å². The third-order valence-corrected chi connectivity index (χ3v) is 16.3. The van der Waals surface area contributed by atoms with Crippen LogP contribution in [0.3, 0.4) is 0 Å². The van der Waals surface area contributed by atoms with E-state index >= 15 is 0 Å². The van der Waals surface area contributed by atoms with Crippen molar-refractivity contribution in [2.75, 3.05) is 0 Å². The van der Waals surface area contributed by atoms with Crippen LogP contribution in [0.25, 0.3) is 77.2 Å². The minimum absolute atomic E-state index is 0.988. The summed E-state index contributed by atoms with van der Waals surface area (Å²) in [5, 5.41) is 8.23. The van der Waals surface area contributed by atoms with Gasteiger partial charge in [-0.1, -0.05) is 157 Å². The van der Waals surface area contributed by atoms with Gasteiger partial charge in [-0.25, -0.2) is 0 Å². The number of hydrogen-bond donors (Lipinski definition) is 0. The molecule has 0 spiro atoms. The van der Waals surface area contributed by atoms with Gasteiger partial charge in [0.05, 0.1) is 22.1 Å². The van der Waals surface area contributed by atoms with Crippen molar-refractivity contribution in [1.29, 1.82) is 0 Å². The molecule has 0 aliphatic heterocycles. The molecule has 2 heterocycles. The van der Waals surface area contributed by atoms with Gasteiger partial charge in [-0.2, -0.15) is 0 Å². The standard InChI is InChI=1S/C52H38N2Si/c1-55(2,39-23-27-47-45(31-39)43-25-21-35-29-33-13-9-11-19-41(33)49(35)51(43)53(47)37-15-5-3-6-16-37)40-24-28-48-46(32-40)44-26-22-36-30-34-14-10-12-20-42(34)50(36)52(44)54(48)38-17-7-4-8-18-38/h3-28,31-32H,29-30H2,1-2H3. The first-order valence-electron chi connectivity index (χ1n) is 19.5. The van der Waals surface area contributed by atoms with Gasteiger partial charge >= 0.3 is 0 Å². The van der Waals surface area contributed by atoms with Crippen LogP contribution in [0.15, 0.2) is 170 Å². The number of aromatic nitrogens is 2. The topological polar surface area (TPSA) is 9.86 Å². The van der Waals surface area contributed by atoms with Crippen LogP contribution in [0, 0.1) is 0 Å². The first-order valence-corrected chi connectivity index (χ1v) is 22.5. The molecule has 0 saturated carbocycles. The predicted molar refractivity (Wildman–Crippen MR) is 235 cm³/mol. The Morgan fingerprint density at radius 2 is 0.800 bits per heavy atom. The van der Waals surface area contributed by atoms with Crippen molar-refractivity contribution >= 4 is 62.1 Å². The first kappa shape index (κ1) is 31.0. The molecule has 0 atom stereocenters. The van der Waals surface area contributed by atoms with E-state index in [2.05, 4.69) is 192 Å². The van der Waals surface area contributed by atoms with Gasteiger partial charge in [0.1, 0.15) is 8.07 Å². The van der Waals surface area contributed by atoms with Gasteiger partial charge in [0.25, 0.3) is 0 Å². The molecule has 2 aliphatic rings. The van der Waals surface area contributed by atoms with Crippen LogP contribution in [0.4, 0.5) is 0 Å². The van der Waals surface area contributed by atoms with Crippen molar-refractivity contribution in [2.45, 2.75) is 25.9 Å². The first-order chi connectivity index (χ1) is 27.0. The van der Waals surface area contributed by atoms with Crippen molar-refractivity contribution in [3.63, 3.8) is 0 Å². The Morgan fingerprint density at radius 1 is 0.382 bits per heavy atom. The van der Waals surface area contributed by atoms with E-state index < -0.39 is 8.07 Å². The van der Waals surface area contributed by atoms with Crippen molar-refractivity contribution in [3.05, 3.63) is 192 Å². The van der Waals surface area contributed by atoms with E-state index in [0.717, 1.165) is 12.8 Å². The van der Waals surface area contributed by atoms with E-state index in [-0.39, 0.29) is 0 Å². The molecule has 0 fully saturated rings. The fourth-order valence-electron chi connectivity index (χ4n) is 10.1. The lowest BCUT2D eigenvalue weighted by Crippen LogP contribution is -2.52. The Morgan fingerprint density at radius 3 is 1.25 bits per heavy atom. The maximum absolute atomic E-state index is 2.54. The van der Waals surface area contributed by atoms with E-state index in [0.29, 0.717) is 0 Å². The number of para-hydroxylation sites is 2. The normalized spacial score (nSPS) is 13.1. The average molecular weight is 719 g/mol. The van der Waals surface area contributed by atoms with Crippen LogP contribution in [-0.2, 0) is 12.8 Å². The summed E-state index contributed by atoms with van der Waals surface area (Å²) in [6, 6.07) is 64.1. The number of nitrogens with zero attached hydrogens (tertiary/aromatic N) is 2. The fraction of sp³-hybridized carbons (Fsp3) is 0.0769. The van der Waals surface area contributed by atoms with Crippen molar-refractivity contribution in [1.82, 2.24) is 9.13 Å². The van der Waals surface area contributed by atoms with E-state index in [1.807, 2.05) is 0 Å². The van der Waals surface area contributed by atoms with Crippen LogP contribution in [0.5, 0.6) is 0 Å². The summed E-state index contributed by atoms with van der Waals surface area (Å²) < 4.78 is 5.04. The second-order valence-corrected chi connectivity index (χ2v) is 20.5. The summed E-state index contributed by atoms with van der Waals surface area (Å²) in [5.74, 6) is 0. The largest absolute Gasteiger partial charge is 0.309 e. The average Bonchev–Trinajstić information content (AvgIpc) is 3.98. The third-order valence-electron chi connectivity index (χ3n) is 12.8. The van der Waals surface area contributed by atoms with Crippen molar-refractivity contribution < 1.29 is 0 Å². The molecule has 0 amide bonds. The highest BCUT2D eigenvalue weighted by molar-refractivity contribution is 7.00. The molecule has 0 saturated heterocycles. The molecule has 0 bridgehead atoms. The lowest BCUT2D eigenvalue weighted by molar-refractivity contribution is 1.18. The smallest absolute Gasteiger partial charge is 0.112 e. The Hall–Kier alpha value is -6.42. The van der Waals surface area contributed by atoms with E-state index in [1.54, 1.807) is 0 Å². The molecule has 0 radical (unpaired) electrons. The van der Waals surface area contributed by atoms with Crippen LogP contribution in [0.1, 0.15) is 22.3 Å². The zero-order chi connectivity index (χ0) is 36.4. The minimum atomic E-state index is -2.18. The molecule has 0 N–H and O–H groups in total. The van der Waals surface area contributed by atoms with E-state index in [1.165, 1.54) is 110 Å². The SMILES string of the molecule is C[Si](C)(c1ccc2c(c1)c1ccc3c(c1n2-c1ccccc1)-c1ccccc1C3)c1ccc2c(c1)c1ccc3c(c1n2-c1ccccc1)-c1ccccc1C3. The van der Waals surface area contributed by atoms with Crippen LogP contribution in [0.2, 0.25) is 13.1 Å². The Balaban J connectivity index is 1.08. The second kappa shape index (κ2) is 11.3. The number of rotatable bonds is 4. The summed E-state index contributed by atoms with van der Waals surface area (Å²) in [6.45, 7) is 5.06. The highest BCUT2D eigenvalue weighted by atomic mass is 28.3. The van der Waals surface area contributed by atoms with Crippen molar-refractivity contribution in [3.8, 4) is 33.6 Å². The summed E-state index contributed by atoms with van der Waals surface area (Å²) in [7, 11) is -2.18. The molecular formula is C52H38N2Si. The molecular weight excluding hydrogens is 681 g/mol. The number of fused-ring (bicyclic) bond motifs is 14. The molecule has 0 unspecified atom stereocenters. The predicted octanol–water partition coefficient (Wildman–Crippen LogP) is 11.8. The summed E-state index contributed by atoms with van der Waals surface area (Å²) in [4.78, 5) is 0. The van der Waals surface area contributed by atoms with Gasteiger partial charge in [0.2, 0.25) is 0 Å². The summed E-state index contributed by atoms with van der Waals surface area (Å²) in [6.07, 6.45) is 1.98. The molecule has 2 aliphatic carbocycles. The molecule has 8 aromatic carbocycles. The highest BCUT2D eigenvalue weighted by Crippen LogP contribution is 2.47. The lowest BCUT2D eigenvalue weighted by atomic mass is 10.0. The molecule has 2 aromatic heterocycles. The Labute approximate surface area is 321 Å². The Bertz CT molecular complexity index is 3000. The molecule has 260 valence electrons. The zero-order valence-corrected chi connectivity index (χ0v) is 32.0. The van der Waals surface area contributed by atoms with Crippen molar-refractivity contribution in [2.24, 2.45) is 0 Å². The second-order valence-electron chi connectivity index (χ2n) is 16.1. The van der Waals surface area contributed by atoms with Gasteiger partial charge in [0.15, 0.2) is 0 Å². The summed E-state index contributed by atoms with van der Waals surface area (Å²) >= 11 is 0. The van der Waals surface area contributed by atoms with Crippen LogP contribution >= 0.6 is 0 Å². The number of benzene rings is 8. The molecule has 3 heteroatoms.